The second-order valence-corrected chi connectivity index (χ2v) is 5.15. The van der Waals surface area contributed by atoms with E-state index in [1.54, 1.807) is 0 Å². The van der Waals surface area contributed by atoms with Gasteiger partial charge in [0.1, 0.15) is 5.75 Å². The predicted octanol–water partition coefficient (Wildman–Crippen LogP) is 4.16. The zero-order valence-electron chi connectivity index (χ0n) is 12.8. The minimum Gasteiger partial charge on any atom is -0.507 e. The molecule has 0 saturated heterocycles. The molecule has 112 valence electrons. The molecule has 0 saturated carbocycles. The van der Waals surface area contributed by atoms with Crippen LogP contribution in [0, 0.1) is 0 Å². The summed E-state index contributed by atoms with van der Waals surface area (Å²) in [5, 5.41) is 29.3. The zero-order chi connectivity index (χ0) is 15.6. The molecule has 0 fully saturated rings. The van der Waals surface area contributed by atoms with Gasteiger partial charge in [-0.15, -0.1) is 0 Å². The lowest BCUT2D eigenvalue weighted by atomic mass is 9.88. The fraction of sp³-hybridized carbons (Fsp3) is 0.333. The number of rotatable bonds is 4. The van der Waals surface area contributed by atoms with Crippen molar-refractivity contribution in [3.63, 3.8) is 0 Å². The van der Waals surface area contributed by atoms with E-state index < -0.39 is 0 Å². The molecule has 2 aromatic carbocycles. The van der Waals surface area contributed by atoms with Crippen molar-refractivity contribution in [1.82, 2.24) is 0 Å². The van der Waals surface area contributed by atoms with Gasteiger partial charge in [-0.05, 0) is 47.6 Å². The standard InChI is InChI=1S/C18H22O3/c1-4-11-7-8-14(13(6-3)12(11)5-2)15-9-17(20)18(21)10-16(15)19/h7-10,19-21H,4-6H2,1-3H3. The van der Waals surface area contributed by atoms with Crippen molar-refractivity contribution >= 4 is 0 Å². The molecule has 21 heavy (non-hydrogen) atoms. The first kappa shape index (κ1) is 15.2. The number of aromatic hydroxyl groups is 3. The van der Waals surface area contributed by atoms with E-state index in [1.807, 2.05) is 6.07 Å². The van der Waals surface area contributed by atoms with Gasteiger partial charge >= 0.3 is 0 Å². The summed E-state index contributed by atoms with van der Waals surface area (Å²) in [4.78, 5) is 0. The van der Waals surface area contributed by atoms with Gasteiger partial charge in [0.25, 0.3) is 0 Å². The fourth-order valence-electron chi connectivity index (χ4n) is 2.95. The molecule has 0 heterocycles. The summed E-state index contributed by atoms with van der Waals surface area (Å²) in [6.45, 7) is 6.36. The summed E-state index contributed by atoms with van der Waals surface area (Å²) < 4.78 is 0. The zero-order valence-corrected chi connectivity index (χ0v) is 12.8. The van der Waals surface area contributed by atoms with Gasteiger partial charge in [-0.25, -0.2) is 0 Å². The van der Waals surface area contributed by atoms with E-state index in [0.29, 0.717) is 5.56 Å². The first-order chi connectivity index (χ1) is 10.0. The fourth-order valence-corrected chi connectivity index (χ4v) is 2.95. The molecule has 0 aliphatic rings. The number of hydrogen-bond acceptors (Lipinski definition) is 3. The molecule has 0 amide bonds. The van der Waals surface area contributed by atoms with Crippen LogP contribution in [0.1, 0.15) is 37.5 Å². The topological polar surface area (TPSA) is 60.7 Å². The highest BCUT2D eigenvalue weighted by atomic mass is 16.3. The highest BCUT2D eigenvalue weighted by Gasteiger charge is 2.16. The Morgan fingerprint density at radius 1 is 0.667 bits per heavy atom. The molecule has 0 aromatic heterocycles. The van der Waals surface area contributed by atoms with Gasteiger partial charge in [0.2, 0.25) is 0 Å². The van der Waals surface area contributed by atoms with Crippen LogP contribution in [0.4, 0.5) is 0 Å². The third kappa shape index (κ3) is 2.68. The molecule has 0 spiro atoms. The molecule has 0 atom stereocenters. The average Bonchev–Trinajstić information content (AvgIpc) is 2.49. The van der Waals surface area contributed by atoms with Gasteiger partial charge in [0.15, 0.2) is 11.5 Å². The Labute approximate surface area is 125 Å². The molecule has 0 unspecified atom stereocenters. The number of hydrogen-bond donors (Lipinski definition) is 3. The summed E-state index contributed by atoms with van der Waals surface area (Å²) in [7, 11) is 0. The molecule has 2 rings (SSSR count). The van der Waals surface area contributed by atoms with E-state index in [-0.39, 0.29) is 17.2 Å². The van der Waals surface area contributed by atoms with E-state index in [4.69, 9.17) is 0 Å². The predicted molar refractivity (Wildman–Crippen MR) is 85.0 cm³/mol. The van der Waals surface area contributed by atoms with Gasteiger partial charge in [0.05, 0.1) is 0 Å². The lowest BCUT2D eigenvalue weighted by Crippen LogP contribution is -2.00. The Morgan fingerprint density at radius 2 is 1.29 bits per heavy atom. The van der Waals surface area contributed by atoms with Crippen molar-refractivity contribution in [2.75, 3.05) is 0 Å². The summed E-state index contributed by atoms with van der Waals surface area (Å²) in [6.07, 6.45) is 2.77. The van der Waals surface area contributed by atoms with E-state index in [2.05, 4.69) is 26.8 Å². The minimum atomic E-state index is -0.310. The van der Waals surface area contributed by atoms with Crippen LogP contribution in [-0.2, 0) is 19.3 Å². The largest absolute Gasteiger partial charge is 0.507 e. The summed E-state index contributed by atoms with van der Waals surface area (Å²) in [5.74, 6) is -0.552. The normalized spacial score (nSPS) is 10.8. The molecular weight excluding hydrogens is 264 g/mol. The van der Waals surface area contributed by atoms with E-state index in [0.717, 1.165) is 24.8 Å². The SMILES string of the molecule is CCc1ccc(-c2cc(O)c(O)cc2O)c(CC)c1CC. The molecular formula is C18H22O3. The monoisotopic (exact) mass is 286 g/mol. The van der Waals surface area contributed by atoms with Crippen LogP contribution >= 0.6 is 0 Å². The Morgan fingerprint density at radius 3 is 1.86 bits per heavy atom. The van der Waals surface area contributed by atoms with Crippen molar-refractivity contribution in [2.24, 2.45) is 0 Å². The second kappa shape index (κ2) is 6.08. The lowest BCUT2D eigenvalue weighted by molar-refractivity contribution is 0.397. The Bertz CT molecular complexity index is 660. The number of aryl methyl sites for hydroxylation is 1. The summed E-state index contributed by atoms with van der Waals surface area (Å²) in [5.41, 5.74) is 5.29. The maximum Gasteiger partial charge on any atom is 0.161 e. The Hall–Kier alpha value is -2.16. The molecule has 0 aliphatic heterocycles. The second-order valence-electron chi connectivity index (χ2n) is 5.15. The van der Waals surface area contributed by atoms with Crippen molar-refractivity contribution in [3.8, 4) is 28.4 Å². The van der Waals surface area contributed by atoms with E-state index in [1.165, 1.54) is 28.8 Å². The molecule has 3 nitrogen and oxygen atoms in total. The molecule has 3 heteroatoms. The smallest absolute Gasteiger partial charge is 0.161 e. The highest BCUT2D eigenvalue weighted by molar-refractivity contribution is 5.77. The van der Waals surface area contributed by atoms with Crippen molar-refractivity contribution in [1.29, 1.82) is 0 Å². The van der Waals surface area contributed by atoms with Gasteiger partial charge in [-0.3, -0.25) is 0 Å². The first-order valence-electron chi connectivity index (χ1n) is 7.42. The summed E-state index contributed by atoms with van der Waals surface area (Å²) >= 11 is 0. The van der Waals surface area contributed by atoms with Crippen LogP contribution < -0.4 is 0 Å². The van der Waals surface area contributed by atoms with Crippen molar-refractivity contribution in [2.45, 2.75) is 40.0 Å². The van der Waals surface area contributed by atoms with E-state index >= 15 is 0 Å². The van der Waals surface area contributed by atoms with Crippen LogP contribution in [0.3, 0.4) is 0 Å². The third-order valence-electron chi connectivity index (χ3n) is 4.00. The Kier molecular flexibility index (Phi) is 4.41. The number of phenolic OH excluding ortho intramolecular Hbond substituents is 3. The Balaban J connectivity index is 2.72. The van der Waals surface area contributed by atoms with Gasteiger partial charge in [0, 0.05) is 11.6 Å². The average molecular weight is 286 g/mol. The van der Waals surface area contributed by atoms with E-state index in [9.17, 15) is 15.3 Å². The van der Waals surface area contributed by atoms with Crippen molar-refractivity contribution in [3.05, 3.63) is 41.0 Å². The maximum absolute atomic E-state index is 10.1. The molecule has 0 aliphatic carbocycles. The third-order valence-corrected chi connectivity index (χ3v) is 4.00. The quantitative estimate of drug-likeness (QED) is 0.584. The molecule has 3 N–H and O–H groups in total. The van der Waals surface area contributed by atoms with Crippen LogP contribution in [0.2, 0.25) is 0 Å². The molecule has 0 radical (unpaired) electrons. The van der Waals surface area contributed by atoms with Crippen molar-refractivity contribution < 1.29 is 15.3 Å². The lowest BCUT2D eigenvalue weighted by Gasteiger charge is -2.18. The number of benzene rings is 2. The van der Waals surface area contributed by atoms with Crippen LogP contribution in [0.15, 0.2) is 24.3 Å². The summed E-state index contributed by atoms with van der Waals surface area (Å²) in [6, 6.07) is 6.67. The first-order valence-corrected chi connectivity index (χ1v) is 7.42. The van der Waals surface area contributed by atoms with Crippen LogP contribution in [0.5, 0.6) is 17.2 Å². The van der Waals surface area contributed by atoms with Gasteiger partial charge in [-0.1, -0.05) is 32.9 Å². The number of phenols is 3. The highest BCUT2D eigenvalue weighted by Crippen LogP contribution is 2.40. The maximum atomic E-state index is 10.1. The van der Waals surface area contributed by atoms with Crippen LogP contribution in [0.25, 0.3) is 11.1 Å². The molecule has 2 aromatic rings. The minimum absolute atomic E-state index is 0.0219. The van der Waals surface area contributed by atoms with Gasteiger partial charge < -0.3 is 15.3 Å². The van der Waals surface area contributed by atoms with Crippen LogP contribution in [-0.4, -0.2) is 15.3 Å². The van der Waals surface area contributed by atoms with Gasteiger partial charge in [-0.2, -0.15) is 0 Å². The molecule has 0 bridgehead atoms.